The molecular weight excluding hydrogens is 405 g/mol. The molecule has 0 unspecified atom stereocenters. The summed E-state index contributed by atoms with van der Waals surface area (Å²) in [5.74, 6) is 1.54. The van der Waals surface area contributed by atoms with Crippen molar-refractivity contribution < 1.29 is 9.18 Å². The topological polar surface area (TPSA) is 71.0 Å². The third-order valence-electron chi connectivity index (χ3n) is 5.54. The summed E-state index contributed by atoms with van der Waals surface area (Å²) in [6.45, 7) is 5.52. The molecule has 0 spiro atoms. The normalized spacial score (nSPS) is 16.2. The highest BCUT2D eigenvalue weighted by Gasteiger charge is 2.27. The minimum atomic E-state index is -0.315. The third-order valence-corrected chi connectivity index (χ3v) is 5.54. The number of likely N-dealkylation sites (tertiary alicyclic amines) is 1. The molecule has 1 aliphatic rings. The number of hydrogen-bond donors (Lipinski definition) is 1. The minimum Gasteiger partial charge on any atom is -0.342 e. The van der Waals surface area contributed by atoms with E-state index in [1.54, 1.807) is 24.5 Å². The number of carbonyl (C=O) groups excluding carboxylic acids is 1. The van der Waals surface area contributed by atoms with Gasteiger partial charge < -0.3 is 10.2 Å². The van der Waals surface area contributed by atoms with E-state index in [0.717, 1.165) is 30.6 Å². The number of anilines is 2. The molecule has 1 amide bonds. The quantitative estimate of drug-likeness (QED) is 0.580. The van der Waals surface area contributed by atoms with Gasteiger partial charge in [0.25, 0.3) is 0 Å². The highest BCUT2D eigenvalue weighted by atomic mass is 19.1. The second-order valence-corrected chi connectivity index (χ2v) is 8.64. The van der Waals surface area contributed by atoms with Crippen molar-refractivity contribution in [3.8, 4) is 11.3 Å². The first-order valence-corrected chi connectivity index (χ1v) is 11.1. The van der Waals surface area contributed by atoms with Gasteiger partial charge in [-0.1, -0.05) is 19.9 Å². The first kappa shape index (κ1) is 21.9. The minimum absolute atomic E-state index is 0.0507. The highest BCUT2D eigenvalue weighted by Crippen LogP contribution is 2.29. The van der Waals surface area contributed by atoms with Crippen LogP contribution in [0.4, 0.5) is 15.9 Å². The summed E-state index contributed by atoms with van der Waals surface area (Å²) in [6.07, 6.45) is 5.85. The Morgan fingerprint density at radius 3 is 2.75 bits per heavy atom. The number of nitrogens with zero attached hydrogens (tertiary/aromatic N) is 4. The largest absolute Gasteiger partial charge is 0.342 e. The van der Waals surface area contributed by atoms with Gasteiger partial charge in [0.05, 0.1) is 5.69 Å². The lowest BCUT2D eigenvalue weighted by Gasteiger charge is -2.32. The molecule has 1 N–H and O–H groups in total. The van der Waals surface area contributed by atoms with Crippen LogP contribution in [0, 0.1) is 11.7 Å². The van der Waals surface area contributed by atoms with E-state index in [1.165, 1.54) is 12.1 Å². The number of amides is 1. The van der Waals surface area contributed by atoms with Crippen molar-refractivity contribution in [2.75, 3.05) is 18.4 Å². The lowest BCUT2D eigenvalue weighted by atomic mass is 9.96. The van der Waals surface area contributed by atoms with Gasteiger partial charge in [0.15, 0.2) is 0 Å². The van der Waals surface area contributed by atoms with Gasteiger partial charge in [-0.15, -0.1) is 0 Å². The Bertz CT molecular complexity index is 1070. The predicted octanol–water partition coefficient (Wildman–Crippen LogP) is 5.17. The Kier molecular flexibility index (Phi) is 6.73. The smallest absolute Gasteiger partial charge is 0.222 e. The average Bonchev–Trinajstić information content (AvgIpc) is 2.79. The third kappa shape index (κ3) is 5.46. The summed E-state index contributed by atoms with van der Waals surface area (Å²) in [7, 11) is 0. The number of piperidine rings is 1. The number of rotatable bonds is 6. The van der Waals surface area contributed by atoms with Crippen LogP contribution in [0.2, 0.25) is 0 Å². The van der Waals surface area contributed by atoms with Crippen LogP contribution in [0.1, 0.15) is 44.9 Å². The van der Waals surface area contributed by atoms with Crippen molar-refractivity contribution in [1.82, 2.24) is 19.9 Å². The average molecular weight is 434 g/mol. The van der Waals surface area contributed by atoms with Gasteiger partial charge in [-0.05, 0) is 49.1 Å². The van der Waals surface area contributed by atoms with Crippen LogP contribution in [-0.4, -0.2) is 38.8 Å². The maximum absolute atomic E-state index is 13.7. The molecule has 6 nitrogen and oxygen atoms in total. The van der Waals surface area contributed by atoms with Gasteiger partial charge in [0.2, 0.25) is 5.91 Å². The second-order valence-electron chi connectivity index (χ2n) is 8.64. The van der Waals surface area contributed by atoms with E-state index in [0.29, 0.717) is 36.2 Å². The van der Waals surface area contributed by atoms with Crippen molar-refractivity contribution in [3.63, 3.8) is 0 Å². The zero-order valence-electron chi connectivity index (χ0n) is 18.5. The van der Waals surface area contributed by atoms with Crippen LogP contribution < -0.4 is 5.32 Å². The molecule has 4 rings (SSSR count). The Hall–Kier alpha value is -3.35. The van der Waals surface area contributed by atoms with Gasteiger partial charge >= 0.3 is 0 Å². The summed E-state index contributed by atoms with van der Waals surface area (Å²) in [5, 5.41) is 3.21. The van der Waals surface area contributed by atoms with Crippen molar-refractivity contribution in [2.24, 2.45) is 5.92 Å². The van der Waals surface area contributed by atoms with Crippen molar-refractivity contribution >= 4 is 17.4 Å². The molecule has 0 bridgehead atoms. The molecule has 1 saturated heterocycles. The maximum Gasteiger partial charge on any atom is 0.222 e. The zero-order chi connectivity index (χ0) is 22.5. The van der Waals surface area contributed by atoms with Gasteiger partial charge in [-0.3, -0.25) is 9.78 Å². The standard InChI is InChI=1S/C25H28FN5O/c1-17(2)13-24(32)31-12-4-5-19(16-31)25-29-22(18-8-10-27-11-9-18)15-23(30-25)28-21-7-3-6-20(26)14-21/h3,6-11,14-15,17,19H,4-5,12-13,16H2,1-2H3,(H,28,29,30)/t19-/m0/s1. The van der Waals surface area contributed by atoms with Crippen LogP contribution in [0.25, 0.3) is 11.3 Å². The van der Waals surface area contributed by atoms with Gasteiger partial charge in [-0.25, -0.2) is 14.4 Å². The van der Waals surface area contributed by atoms with E-state index in [4.69, 9.17) is 9.97 Å². The fourth-order valence-corrected chi connectivity index (χ4v) is 3.99. The first-order valence-electron chi connectivity index (χ1n) is 11.1. The summed E-state index contributed by atoms with van der Waals surface area (Å²) >= 11 is 0. The Labute approximate surface area is 187 Å². The van der Waals surface area contributed by atoms with E-state index in [2.05, 4.69) is 24.1 Å². The summed E-state index contributed by atoms with van der Waals surface area (Å²) < 4.78 is 13.7. The number of nitrogens with one attached hydrogen (secondary N) is 1. The van der Waals surface area contributed by atoms with Gasteiger partial charge in [0.1, 0.15) is 17.5 Å². The van der Waals surface area contributed by atoms with Gasteiger partial charge in [-0.2, -0.15) is 0 Å². The number of pyridine rings is 1. The van der Waals surface area contributed by atoms with E-state index in [9.17, 15) is 9.18 Å². The van der Waals surface area contributed by atoms with E-state index < -0.39 is 0 Å². The summed E-state index contributed by atoms with van der Waals surface area (Å²) in [5.41, 5.74) is 2.31. The monoisotopic (exact) mass is 433 g/mol. The number of halogens is 1. The molecule has 1 atom stereocenters. The first-order chi connectivity index (χ1) is 15.5. The van der Waals surface area contributed by atoms with E-state index in [1.807, 2.05) is 23.1 Å². The predicted molar refractivity (Wildman–Crippen MR) is 123 cm³/mol. The molecule has 3 aromatic rings. The molecule has 0 saturated carbocycles. The Balaban J connectivity index is 1.65. The number of aromatic nitrogens is 3. The van der Waals surface area contributed by atoms with Crippen LogP contribution >= 0.6 is 0 Å². The zero-order valence-corrected chi connectivity index (χ0v) is 18.5. The lowest BCUT2D eigenvalue weighted by Crippen LogP contribution is -2.40. The molecule has 1 aliphatic heterocycles. The number of benzene rings is 1. The second kappa shape index (κ2) is 9.85. The summed E-state index contributed by atoms with van der Waals surface area (Å²) in [6, 6.07) is 11.9. The fourth-order valence-electron chi connectivity index (χ4n) is 3.99. The molecule has 0 radical (unpaired) electrons. The molecule has 7 heteroatoms. The van der Waals surface area contributed by atoms with Crippen molar-refractivity contribution in [3.05, 3.63) is 66.5 Å². The lowest BCUT2D eigenvalue weighted by molar-refractivity contribution is -0.133. The van der Waals surface area contributed by atoms with Crippen LogP contribution in [0.3, 0.4) is 0 Å². The number of hydrogen-bond acceptors (Lipinski definition) is 5. The highest BCUT2D eigenvalue weighted by molar-refractivity contribution is 5.76. The van der Waals surface area contributed by atoms with Crippen LogP contribution in [0.15, 0.2) is 54.9 Å². The Morgan fingerprint density at radius 2 is 2.00 bits per heavy atom. The summed E-state index contributed by atoms with van der Waals surface area (Å²) in [4.78, 5) is 28.3. The molecule has 1 fully saturated rings. The molecule has 2 aromatic heterocycles. The fraction of sp³-hybridized carbons (Fsp3) is 0.360. The SMILES string of the molecule is CC(C)CC(=O)N1CCC[C@H](c2nc(Nc3cccc(F)c3)cc(-c3ccncc3)n2)C1. The van der Waals surface area contributed by atoms with E-state index >= 15 is 0 Å². The number of carbonyl (C=O) groups is 1. The molecule has 0 aliphatic carbocycles. The molecule has 1 aromatic carbocycles. The van der Waals surface area contributed by atoms with Crippen LogP contribution in [0.5, 0.6) is 0 Å². The molecular formula is C25H28FN5O. The van der Waals surface area contributed by atoms with Crippen molar-refractivity contribution in [2.45, 2.75) is 39.0 Å². The molecule has 3 heterocycles. The Morgan fingerprint density at radius 1 is 1.19 bits per heavy atom. The van der Waals surface area contributed by atoms with Gasteiger partial charge in [0, 0.05) is 55.1 Å². The van der Waals surface area contributed by atoms with E-state index in [-0.39, 0.29) is 17.6 Å². The molecule has 32 heavy (non-hydrogen) atoms. The molecule has 166 valence electrons. The van der Waals surface area contributed by atoms with Crippen LogP contribution in [-0.2, 0) is 4.79 Å². The maximum atomic E-state index is 13.7. The van der Waals surface area contributed by atoms with Crippen molar-refractivity contribution in [1.29, 1.82) is 0 Å².